The molecular weight excluding hydrogens is 256 g/mol. The Bertz CT molecular complexity index is 458. The Morgan fingerprint density at radius 3 is 2.50 bits per heavy atom. The number of hydrogen-bond donors (Lipinski definition) is 2. The molecule has 0 saturated carbocycles. The van der Waals surface area contributed by atoms with E-state index in [1.165, 1.54) is 0 Å². The molecule has 1 unspecified atom stereocenters. The Labute approximate surface area is 120 Å². The number of anilines is 1. The van der Waals surface area contributed by atoms with Gasteiger partial charge in [0.15, 0.2) is 0 Å². The fourth-order valence-electron chi connectivity index (χ4n) is 1.90. The Morgan fingerprint density at radius 2 is 2.05 bits per heavy atom. The molecular formula is C15H24N2O3. The molecule has 0 radical (unpaired) electrons. The molecule has 0 saturated heterocycles. The normalized spacial score (nSPS) is 12.2. The van der Waals surface area contributed by atoms with Gasteiger partial charge < -0.3 is 20.1 Å². The van der Waals surface area contributed by atoms with Crippen molar-refractivity contribution in [1.29, 1.82) is 0 Å². The Kier molecular flexibility index (Phi) is 5.82. The molecule has 0 fully saturated rings. The van der Waals surface area contributed by atoms with Crippen molar-refractivity contribution in [1.82, 2.24) is 4.90 Å². The lowest BCUT2D eigenvalue weighted by Crippen LogP contribution is -2.43. The SMILES string of the molecule is COc1ccc(NC(=O)N(CC(C)O)C(C)C)c(C)c1. The zero-order valence-corrected chi connectivity index (χ0v) is 12.8. The molecule has 0 heterocycles. The maximum Gasteiger partial charge on any atom is 0.322 e. The van der Waals surface area contributed by atoms with E-state index in [-0.39, 0.29) is 12.1 Å². The van der Waals surface area contributed by atoms with Crippen molar-refractivity contribution in [2.24, 2.45) is 0 Å². The highest BCUT2D eigenvalue weighted by Gasteiger charge is 2.19. The monoisotopic (exact) mass is 280 g/mol. The predicted octanol–water partition coefficient (Wildman–Crippen LogP) is 2.63. The zero-order valence-electron chi connectivity index (χ0n) is 12.8. The van der Waals surface area contributed by atoms with Crippen LogP contribution >= 0.6 is 0 Å². The van der Waals surface area contributed by atoms with Gasteiger partial charge in [-0.25, -0.2) is 4.79 Å². The summed E-state index contributed by atoms with van der Waals surface area (Å²) in [6.45, 7) is 7.72. The molecule has 0 spiro atoms. The number of nitrogens with one attached hydrogen (secondary N) is 1. The molecule has 1 atom stereocenters. The van der Waals surface area contributed by atoms with Gasteiger partial charge in [0.2, 0.25) is 0 Å². The van der Waals surface area contributed by atoms with Gasteiger partial charge in [-0.3, -0.25) is 0 Å². The second-order valence-corrected chi connectivity index (χ2v) is 5.21. The van der Waals surface area contributed by atoms with Gasteiger partial charge in [0.25, 0.3) is 0 Å². The first-order valence-corrected chi connectivity index (χ1v) is 6.75. The minimum absolute atomic E-state index is 0.0168. The van der Waals surface area contributed by atoms with E-state index in [2.05, 4.69) is 5.32 Å². The summed E-state index contributed by atoms with van der Waals surface area (Å²) in [4.78, 5) is 13.9. The Hall–Kier alpha value is -1.75. The van der Waals surface area contributed by atoms with Crippen molar-refractivity contribution in [2.45, 2.75) is 39.8 Å². The summed E-state index contributed by atoms with van der Waals surface area (Å²) < 4.78 is 5.14. The third-order valence-electron chi connectivity index (χ3n) is 3.02. The number of rotatable bonds is 5. The maximum absolute atomic E-state index is 12.3. The van der Waals surface area contributed by atoms with Crippen LogP contribution in [0.5, 0.6) is 5.75 Å². The van der Waals surface area contributed by atoms with Crippen molar-refractivity contribution >= 4 is 11.7 Å². The van der Waals surface area contributed by atoms with Gasteiger partial charge in [-0.2, -0.15) is 0 Å². The summed E-state index contributed by atoms with van der Waals surface area (Å²) in [5, 5.41) is 12.3. The summed E-state index contributed by atoms with van der Waals surface area (Å²) in [6.07, 6.45) is -0.555. The number of carbonyl (C=O) groups is 1. The lowest BCUT2D eigenvalue weighted by atomic mass is 10.2. The highest BCUT2D eigenvalue weighted by atomic mass is 16.5. The summed E-state index contributed by atoms with van der Waals surface area (Å²) in [5.41, 5.74) is 1.67. The van der Waals surface area contributed by atoms with Crippen LogP contribution in [-0.4, -0.2) is 41.8 Å². The molecule has 0 aliphatic rings. The molecule has 1 aromatic carbocycles. The number of carbonyl (C=O) groups excluding carboxylic acids is 1. The van der Waals surface area contributed by atoms with Crippen LogP contribution in [0.2, 0.25) is 0 Å². The molecule has 0 bridgehead atoms. The lowest BCUT2D eigenvalue weighted by molar-refractivity contribution is 0.125. The molecule has 5 nitrogen and oxygen atoms in total. The number of benzene rings is 1. The average molecular weight is 280 g/mol. The average Bonchev–Trinajstić information content (AvgIpc) is 2.37. The molecule has 0 aromatic heterocycles. The first kappa shape index (κ1) is 16.3. The largest absolute Gasteiger partial charge is 0.497 e. The standard InChI is InChI=1S/C15H24N2O3/c1-10(2)17(9-12(4)18)15(19)16-14-7-6-13(20-5)8-11(14)3/h6-8,10,12,18H,9H2,1-5H3,(H,16,19). The highest BCUT2D eigenvalue weighted by Crippen LogP contribution is 2.21. The number of aliphatic hydroxyl groups is 1. The Morgan fingerprint density at radius 1 is 1.40 bits per heavy atom. The van der Waals surface area contributed by atoms with Crippen molar-refractivity contribution in [3.63, 3.8) is 0 Å². The maximum atomic E-state index is 12.3. The minimum Gasteiger partial charge on any atom is -0.497 e. The summed E-state index contributed by atoms with van der Waals surface area (Å²) in [6, 6.07) is 5.28. The first-order chi connectivity index (χ1) is 9.35. The van der Waals surface area contributed by atoms with E-state index in [0.29, 0.717) is 6.54 Å². The third kappa shape index (κ3) is 4.42. The number of methoxy groups -OCH3 is 1. The number of hydrogen-bond acceptors (Lipinski definition) is 3. The molecule has 0 aliphatic heterocycles. The van der Waals surface area contributed by atoms with Crippen molar-refractivity contribution in [2.75, 3.05) is 19.0 Å². The zero-order chi connectivity index (χ0) is 15.3. The van der Waals surface area contributed by atoms with Gasteiger partial charge in [-0.15, -0.1) is 0 Å². The van der Waals surface area contributed by atoms with Gasteiger partial charge in [-0.1, -0.05) is 0 Å². The highest BCUT2D eigenvalue weighted by molar-refractivity contribution is 5.90. The first-order valence-electron chi connectivity index (χ1n) is 6.75. The van der Waals surface area contributed by atoms with Crippen LogP contribution < -0.4 is 10.1 Å². The second kappa shape index (κ2) is 7.14. The molecule has 0 aliphatic carbocycles. The molecule has 2 N–H and O–H groups in total. The lowest BCUT2D eigenvalue weighted by Gasteiger charge is -2.28. The van der Waals surface area contributed by atoms with Gasteiger partial charge in [0.1, 0.15) is 5.75 Å². The number of urea groups is 1. The number of nitrogens with zero attached hydrogens (tertiary/aromatic N) is 1. The van der Waals surface area contributed by atoms with E-state index in [1.54, 1.807) is 25.0 Å². The van der Waals surface area contributed by atoms with Gasteiger partial charge in [0, 0.05) is 18.3 Å². The molecule has 1 aromatic rings. The summed E-state index contributed by atoms with van der Waals surface area (Å²) >= 11 is 0. The second-order valence-electron chi connectivity index (χ2n) is 5.21. The van der Waals surface area contributed by atoms with Gasteiger partial charge in [0.05, 0.1) is 13.2 Å². The van der Waals surface area contributed by atoms with Gasteiger partial charge in [-0.05, 0) is 51.5 Å². The van der Waals surface area contributed by atoms with Crippen LogP contribution in [0, 0.1) is 6.92 Å². The van der Waals surface area contributed by atoms with Crippen LogP contribution in [0.15, 0.2) is 18.2 Å². The van der Waals surface area contributed by atoms with E-state index in [4.69, 9.17) is 4.74 Å². The van der Waals surface area contributed by atoms with Crippen molar-refractivity contribution in [3.05, 3.63) is 23.8 Å². The number of ether oxygens (including phenoxy) is 1. The van der Waals surface area contributed by atoms with Crippen molar-refractivity contribution in [3.8, 4) is 5.75 Å². The van der Waals surface area contributed by atoms with E-state index < -0.39 is 6.10 Å². The quantitative estimate of drug-likeness (QED) is 0.871. The number of aliphatic hydroxyl groups excluding tert-OH is 1. The molecule has 1 rings (SSSR count). The van der Waals surface area contributed by atoms with Crippen molar-refractivity contribution < 1.29 is 14.6 Å². The third-order valence-corrected chi connectivity index (χ3v) is 3.02. The van der Waals surface area contributed by atoms with Crippen LogP contribution in [0.3, 0.4) is 0 Å². The van der Waals surface area contributed by atoms with E-state index in [9.17, 15) is 9.90 Å². The molecule has 20 heavy (non-hydrogen) atoms. The van der Waals surface area contributed by atoms with E-state index in [1.807, 2.05) is 32.9 Å². The fraction of sp³-hybridized carbons (Fsp3) is 0.533. The summed E-state index contributed by atoms with van der Waals surface area (Å²) in [7, 11) is 1.61. The minimum atomic E-state index is -0.555. The molecule has 5 heteroatoms. The van der Waals surface area contributed by atoms with Crippen LogP contribution in [0.25, 0.3) is 0 Å². The van der Waals surface area contributed by atoms with Crippen LogP contribution in [-0.2, 0) is 0 Å². The topological polar surface area (TPSA) is 61.8 Å². The van der Waals surface area contributed by atoms with Gasteiger partial charge >= 0.3 is 6.03 Å². The van der Waals surface area contributed by atoms with Crippen LogP contribution in [0.1, 0.15) is 26.3 Å². The molecule has 2 amide bonds. The Balaban J connectivity index is 2.82. The smallest absolute Gasteiger partial charge is 0.322 e. The fourth-order valence-corrected chi connectivity index (χ4v) is 1.90. The van der Waals surface area contributed by atoms with E-state index in [0.717, 1.165) is 17.0 Å². The predicted molar refractivity (Wildman–Crippen MR) is 80.3 cm³/mol. The van der Waals surface area contributed by atoms with E-state index >= 15 is 0 Å². The number of aryl methyl sites for hydroxylation is 1. The number of amides is 2. The van der Waals surface area contributed by atoms with Crippen LogP contribution in [0.4, 0.5) is 10.5 Å². The summed E-state index contributed by atoms with van der Waals surface area (Å²) in [5.74, 6) is 0.755. The molecule has 112 valence electrons.